The Balaban J connectivity index is 2.31. The molecule has 1 N–H and O–H groups in total. The van der Waals surface area contributed by atoms with E-state index in [4.69, 9.17) is 11.6 Å². The van der Waals surface area contributed by atoms with Gasteiger partial charge in [0.25, 0.3) is 0 Å². The summed E-state index contributed by atoms with van der Waals surface area (Å²) in [6.07, 6.45) is 1.25. The van der Waals surface area contributed by atoms with Crippen LogP contribution in [0.25, 0.3) is 0 Å². The predicted molar refractivity (Wildman–Crippen MR) is 85.1 cm³/mol. The van der Waals surface area contributed by atoms with E-state index in [0.717, 1.165) is 18.1 Å². The van der Waals surface area contributed by atoms with Crippen molar-refractivity contribution < 1.29 is 8.42 Å². The van der Waals surface area contributed by atoms with Crippen LogP contribution < -0.4 is 5.32 Å². The van der Waals surface area contributed by atoms with Crippen LogP contribution in [0.15, 0.2) is 24.3 Å². The standard InChI is InChI=1S/C14H23ClN2O2S/c1-12(13-4-6-14(15)7-5-13)17(2)10-8-16-9-11-20(3,18)19/h4-7,12,16H,8-11H2,1-3H3. The zero-order chi connectivity index (χ0) is 15.2. The van der Waals surface area contributed by atoms with Gasteiger partial charge in [-0.25, -0.2) is 8.42 Å². The average molecular weight is 319 g/mol. The topological polar surface area (TPSA) is 49.4 Å². The molecule has 0 fully saturated rings. The van der Waals surface area contributed by atoms with Gasteiger partial charge in [0.15, 0.2) is 0 Å². The molecule has 0 radical (unpaired) electrons. The van der Waals surface area contributed by atoms with Gasteiger partial charge in [-0.05, 0) is 31.7 Å². The SMILES string of the molecule is CC(c1ccc(Cl)cc1)N(C)CCNCCS(C)(=O)=O. The minimum absolute atomic E-state index is 0.184. The highest BCUT2D eigenvalue weighted by atomic mass is 35.5. The van der Waals surface area contributed by atoms with Crippen LogP contribution in [0, 0.1) is 0 Å². The van der Waals surface area contributed by atoms with Crippen LogP contribution in [0.1, 0.15) is 18.5 Å². The minimum atomic E-state index is -2.88. The maximum Gasteiger partial charge on any atom is 0.148 e. The Morgan fingerprint density at radius 3 is 2.40 bits per heavy atom. The molecule has 0 amide bonds. The van der Waals surface area contributed by atoms with Crippen molar-refractivity contribution in [2.45, 2.75) is 13.0 Å². The molecule has 1 rings (SSSR count). The monoisotopic (exact) mass is 318 g/mol. The summed E-state index contributed by atoms with van der Waals surface area (Å²) in [7, 11) is -0.824. The fourth-order valence-electron chi connectivity index (χ4n) is 1.83. The summed E-state index contributed by atoms with van der Waals surface area (Å²) >= 11 is 5.88. The van der Waals surface area contributed by atoms with E-state index in [1.165, 1.54) is 11.8 Å². The molecule has 0 saturated heterocycles. The van der Waals surface area contributed by atoms with Crippen LogP contribution in [0.5, 0.6) is 0 Å². The molecule has 0 saturated carbocycles. The Morgan fingerprint density at radius 1 is 1.25 bits per heavy atom. The van der Waals surface area contributed by atoms with Crippen molar-refractivity contribution in [2.75, 3.05) is 38.7 Å². The van der Waals surface area contributed by atoms with Gasteiger partial charge >= 0.3 is 0 Å². The Labute approximate surface area is 127 Å². The van der Waals surface area contributed by atoms with Gasteiger partial charge in [0.1, 0.15) is 9.84 Å². The Morgan fingerprint density at radius 2 is 1.85 bits per heavy atom. The van der Waals surface area contributed by atoms with Gasteiger partial charge in [-0.3, -0.25) is 4.90 Å². The molecule has 6 heteroatoms. The van der Waals surface area contributed by atoms with Gasteiger partial charge in [-0.15, -0.1) is 0 Å². The number of hydrogen-bond donors (Lipinski definition) is 1. The van der Waals surface area contributed by atoms with Crippen molar-refractivity contribution in [1.82, 2.24) is 10.2 Å². The average Bonchev–Trinajstić information content (AvgIpc) is 2.37. The molecule has 1 aromatic rings. The number of sulfone groups is 1. The lowest BCUT2D eigenvalue weighted by Gasteiger charge is -2.25. The van der Waals surface area contributed by atoms with Crippen LogP contribution in [0.3, 0.4) is 0 Å². The lowest BCUT2D eigenvalue weighted by atomic mass is 10.1. The highest BCUT2D eigenvalue weighted by molar-refractivity contribution is 7.90. The Kier molecular flexibility index (Phi) is 6.95. The summed E-state index contributed by atoms with van der Waals surface area (Å²) < 4.78 is 22.0. The normalized spacial score (nSPS) is 13.7. The number of benzene rings is 1. The maximum absolute atomic E-state index is 11.0. The minimum Gasteiger partial charge on any atom is -0.314 e. The number of hydrogen-bond acceptors (Lipinski definition) is 4. The molecule has 114 valence electrons. The largest absolute Gasteiger partial charge is 0.314 e. The highest BCUT2D eigenvalue weighted by Gasteiger charge is 2.11. The maximum atomic E-state index is 11.0. The van der Waals surface area contributed by atoms with E-state index in [0.29, 0.717) is 12.6 Å². The number of nitrogens with one attached hydrogen (secondary N) is 1. The van der Waals surface area contributed by atoms with Crippen molar-refractivity contribution >= 4 is 21.4 Å². The third kappa shape index (κ3) is 6.70. The number of rotatable bonds is 8. The molecule has 1 aromatic carbocycles. The van der Waals surface area contributed by atoms with Crippen LogP contribution in [0.2, 0.25) is 5.02 Å². The van der Waals surface area contributed by atoms with Crippen LogP contribution in [0.4, 0.5) is 0 Å². The van der Waals surface area contributed by atoms with E-state index in [-0.39, 0.29) is 5.75 Å². The first kappa shape index (κ1) is 17.4. The van der Waals surface area contributed by atoms with Crippen molar-refractivity contribution in [1.29, 1.82) is 0 Å². The van der Waals surface area contributed by atoms with Crippen molar-refractivity contribution in [3.8, 4) is 0 Å². The van der Waals surface area contributed by atoms with Gasteiger partial charge in [-0.1, -0.05) is 23.7 Å². The first-order valence-electron chi connectivity index (χ1n) is 6.64. The molecule has 0 heterocycles. The van der Waals surface area contributed by atoms with Gasteiger partial charge in [-0.2, -0.15) is 0 Å². The number of halogens is 1. The summed E-state index contributed by atoms with van der Waals surface area (Å²) in [6, 6.07) is 8.14. The molecule has 20 heavy (non-hydrogen) atoms. The quantitative estimate of drug-likeness (QED) is 0.745. The molecule has 0 spiro atoms. The molecular weight excluding hydrogens is 296 g/mol. The predicted octanol–water partition coefficient (Wildman–Crippen LogP) is 1.97. The summed E-state index contributed by atoms with van der Waals surface area (Å²) in [6.45, 7) is 4.26. The Bertz CT molecular complexity index is 502. The fourth-order valence-corrected chi connectivity index (χ4v) is 2.47. The molecule has 0 aliphatic carbocycles. The Hall–Kier alpha value is -0.620. The van der Waals surface area contributed by atoms with Gasteiger partial charge in [0.05, 0.1) is 5.75 Å². The summed E-state index contributed by atoms with van der Waals surface area (Å²) in [5.74, 6) is 0.184. The summed E-state index contributed by atoms with van der Waals surface area (Å²) in [4.78, 5) is 2.22. The lowest BCUT2D eigenvalue weighted by Crippen LogP contribution is -2.33. The van der Waals surface area contributed by atoms with E-state index < -0.39 is 9.84 Å². The molecule has 4 nitrogen and oxygen atoms in total. The second-order valence-electron chi connectivity index (χ2n) is 5.09. The smallest absolute Gasteiger partial charge is 0.148 e. The summed E-state index contributed by atoms with van der Waals surface area (Å²) in [5.41, 5.74) is 1.22. The summed E-state index contributed by atoms with van der Waals surface area (Å²) in [5, 5.41) is 3.89. The van der Waals surface area contributed by atoms with Crippen LogP contribution >= 0.6 is 11.6 Å². The molecule has 0 aliphatic rings. The zero-order valence-electron chi connectivity index (χ0n) is 12.3. The molecular formula is C14H23ClN2O2S. The lowest BCUT2D eigenvalue weighted by molar-refractivity contribution is 0.262. The highest BCUT2D eigenvalue weighted by Crippen LogP contribution is 2.20. The third-order valence-corrected chi connectivity index (χ3v) is 4.50. The molecule has 0 aliphatic heterocycles. The molecule has 1 atom stereocenters. The van der Waals surface area contributed by atoms with Crippen molar-refractivity contribution in [3.63, 3.8) is 0 Å². The van der Waals surface area contributed by atoms with Crippen LogP contribution in [-0.4, -0.2) is 52.0 Å². The first-order valence-corrected chi connectivity index (χ1v) is 9.07. The second kappa shape index (κ2) is 7.98. The van der Waals surface area contributed by atoms with Gasteiger partial charge in [0, 0.05) is 37.0 Å². The van der Waals surface area contributed by atoms with E-state index in [1.807, 2.05) is 24.3 Å². The molecule has 1 unspecified atom stereocenters. The van der Waals surface area contributed by atoms with Gasteiger partial charge in [0.2, 0.25) is 0 Å². The first-order chi connectivity index (χ1) is 9.29. The number of likely N-dealkylation sites (N-methyl/N-ethyl adjacent to an activating group) is 1. The van der Waals surface area contributed by atoms with Crippen molar-refractivity contribution in [2.24, 2.45) is 0 Å². The number of nitrogens with zero attached hydrogens (tertiary/aromatic N) is 1. The van der Waals surface area contributed by atoms with E-state index in [2.05, 4.69) is 24.2 Å². The van der Waals surface area contributed by atoms with Crippen LogP contribution in [-0.2, 0) is 9.84 Å². The van der Waals surface area contributed by atoms with E-state index >= 15 is 0 Å². The molecule has 0 bridgehead atoms. The van der Waals surface area contributed by atoms with Gasteiger partial charge < -0.3 is 5.32 Å². The van der Waals surface area contributed by atoms with E-state index in [1.54, 1.807) is 0 Å². The zero-order valence-corrected chi connectivity index (χ0v) is 13.8. The van der Waals surface area contributed by atoms with Crippen molar-refractivity contribution in [3.05, 3.63) is 34.9 Å². The molecule has 0 aromatic heterocycles. The fraction of sp³-hybridized carbons (Fsp3) is 0.571. The third-order valence-electron chi connectivity index (χ3n) is 3.30. The second-order valence-corrected chi connectivity index (χ2v) is 7.78. The van der Waals surface area contributed by atoms with E-state index in [9.17, 15) is 8.42 Å².